The zero-order chi connectivity index (χ0) is 13.9. The molecular formula is C16H26N2OS. The number of methoxy groups -OCH3 is 1. The van der Waals surface area contributed by atoms with Crippen molar-refractivity contribution in [2.75, 3.05) is 14.2 Å². The first-order valence-corrected chi connectivity index (χ1v) is 8.82. The van der Waals surface area contributed by atoms with E-state index in [1.807, 2.05) is 25.5 Å². The topological polar surface area (TPSA) is 34.1 Å². The summed E-state index contributed by atoms with van der Waals surface area (Å²) >= 11 is 1.88. The lowest BCUT2D eigenvalue weighted by Crippen LogP contribution is -2.17. The van der Waals surface area contributed by atoms with E-state index in [0.717, 1.165) is 12.5 Å². The zero-order valence-corrected chi connectivity index (χ0v) is 13.5. The molecule has 0 radical (unpaired) electrons. The Labute approximate surface area is 126 Å². The van der Waals surface area contributed by atoms with E-state index >= 15 is 0 Å². The standard InChI is InChI=1S/C16H26N2OS/c1-17-10-13-14(11-8-9-11)18-16(20-13)15(19-2)12-6-4-3-5-7-12/h11-12,15,17H,3-10H2,1-2H3. The van der Waals surface area contributed by atoms with Gasteiger partial charge in [0, 0.05) is 24.4 Å². The highest BCUT2D eigenvalue weighted by Gasteiger charge is 2.33. The second-order valence-electron chi connectivity index (χ2n) is 6.22. The summed E-state index contributed by atoms with van der Waals surface area (Å²) < 4.78 is 5.85. The molecule has 0 aliphatic heterocycles. The highest BCUT2D eigenvalue weighted by atomic mass is 32.1. The van der Waals surface area contributed by atoms with Gasteiger partial charge in [0.2, 0.25) is 0 Å². The molecule has 20 heavy (non-hydrogen) atoms. The average molecular weight is 294 g/mol. The summed E-state index contributed by atoms with van der Waals surface area (Å²) in [5.74, 6) is 1.40. The first-order valence-electron chi connectivity index (χ1n) is 8.00. The van der Waals surface area contributed by atoms with Gasteiger partial charge in [-0.2, -0.15) is 0 Å². The average Bonchev–Trinajstić information content (AvgIpc) is 3.24. The van der Waals surface area contributed by atoms with E-state index in [9.17, 15) is 0 Å². The van der Waals surface area contributed by atoms with Gasteiger partial charge < -0.3 is 10.1 Å². The van der Waals surface area contributed by atoms with Crippen LogP contribution in [0.4, 0.5) is 0 Å². The minimum Gasteiger partial charge on any atom is -0.374 e. The molecule has 4 heteroatoms. The number of rotatable bonds is 6. The van der Waals surface area contributed by atoms with Crippen molar-refractivity contribution < 1.29 is 4.74 Å². The molecule has 1 unspecified atom stereocenters. The molecule has 0 bridgehead atoms. The lowest BCUT2D eigenvalue weighted by atomic mass is 9.85. The Morgan fingerprint density at radius 2 is 2.00 bits per heavy atom. The lowest BCUT2D eigenvalue weighted by molar-refractivity contribution is 0.0351. The number of hydrogen-bond acceptors (Lipinski definition) is 4. The Kier molecular flexibility index (Phi) is 4.74. The van der Waals surface area contributed by atoms with Gasteiger partial charge in [-0.15, -0.1) is 11.3 Å². The molecule has 2 aliphatic rings. The highest BCUT2D eigenvalue weighted by Crippen LogP contribution is 2.45. The molecule has 0 saturated heterocycles. The Balaban J connectivity index is 1.81. The van der Waals surface area contributed by atoms with E-state index in [0.29, 0.717) is 5.92 Å². The molecule has 0 spiro atoms. The first kappa shape index (κ1) is 14.5. The van der Waals surface area contributed by atoms with Crippen LogP contribution in [-0.2, 0) is 11.3 Å². The normalized spacial score (nSPS) is 22.1. The molecule has 1 heterocycles. The molecule has 3 rings (SSSR count). The number of hydrogen-bond donors (Lipinski definition) is 1. The smallest absolute Gasteiger partial charge is 0.122 e. The maximum atomic E-state index is 5.85. The molecule has 1 aromatic rings. The Bertz CT molecular complexity index is 436. The molecular weight excluding hydrogens is 268 g/mol. The van der Waals surface area contributed by atoms with E-state index in [-0.39, 0.29) is 6.10 Å². The highest BCUT2D eigenvalue weighted by molar-refractivity contribution is 7.11. The molecule has 1 aromatic heterocycles. The number of thiazole rings is 1. The fraction of sp³-hybridized carbons (Fsp3) is 0.812. The monoisotopic (exact) mass is 294 g/mol. The maximum absolute atomic E-state index is 5.85. The molecule has 1 atom stereocenters. The van der Waals surface area contributed by atoms with Crippen molar-refractivity contribution in [3.63, 3.8) is 0 Å². The van der Waals surface area contributed by atoms with Crippen LogP contribution in [0.15, 0.2) is 0 Å². The molecule has 0 amide bonds. The molecule has 112 valence electrons. The van der Waals surface area contributed by atoms with Crippen molar-refractivity contribution in [2.45, 2.75) is 63.5 Å². The van der Waals surface area contributed by atoms with Gasteiger partial charge in [0.05, 0.1) is 5.69 Å². The Morgan fingerprint density at radius 3 is 2.60 bits per heavy atom. The number of nitrogens with one attached hydrogen (secondary N) is 1. The third-order valence-corrected chi connectivity index (χ3v) is 5.75. The zero-order valence-electron chi connectivity index (χ0n) is 12.7. The summed E-state index contributed by atoms with van der Waals surface area (Å²) in [5, 5.41) is 4.51. The van der Waals surface area contributed by atoms with Crippen LogP contribution >= 0.6 is 11.3 Å². The number of aromatic nitrogens is 1. The van der Waals surface area contributed by atoms with Gasteiger partial charge in [-0.05, 0) is 38.6 Å². The van der Waals surface area contributed by atoms with Crippen LogP contribution in [0, 0.1) is 5.92 Å². The van der Waals surface area contributed by atoms with Gasteiger partial charge in [0.25, 0.3) is 0 Å². The molecule has 1 N–H and O–H groups in total. The molecule has 3 nitrogen and oxygen atoms in total. The summed E-state index contributed by atoms with van der Waals surface area (Å²) in [5.41, 5.74) is 1.36. The molecule has 2 aliphatic carbocycles. The van der Waals surface area contributed by atoms with Crippen LogP contribution in [0.25, 0.3) is 0 Å². The predicted molar refractivity (Wildman–Crippen MR) is 83.2 cm³/mol. The first-order chi connectivity index (χ1) is 9.83. The van der Waals surface area contributed by atoms with Gasteiger partial charge in [0.15, 0.2) is 0 Å². The van der Waals surface area contributed by atoms with E-state index in [1.54, 1.807) is 0 Å². The van der Waals surface area contributed by atoms with Crippen molar-refractivity contribution in [1.29, 1.82) is 0 Å². The minimum absolute atomic E-state index is 0.225. The number of nitrogens with zero attached hydrogens (tertiary/aromatic N) is 1. The summed E-state index contributed by atoms with van der Waals surface area (Å²) in [4.78, 5) is 6.42. The van der Waals surface area contributed by atoms with Crippen LogP contribution in [0.2, 0.25) is 0 Å². The quantitative estimate of drug-likeness (QED) is 0.861. The summed E-state index contributed by atoms with van der Waals surface area (Å²) in [6.45, 7) is 0.949. The summed E-state index contributed by atoms with van der Waals surface area (Å²) in [7, 11) is 3.88. The number of ether oxygens (including phenoxy) is 1. The fourth-order valence-electron chi connectivity index (χ4n) is 3.40. The molecule has 2 saturated carbocycles. The fourth-order valence-corrected chi connectivity index (χ4v) is 4.73. The van der Waals surface area contributed by atoms with E-state index in [1.165, 1.54) is 60.5 Å². The predicted octanol–water partition coefficient (Wildman–Crippen LogP) is 4.01. The Hall–Kier alpha value is -0.450. The summed E-state index contributed by atoms with van der Waals surface area (Å²) in [6.07, 6.45) is 9.58. The van der Waals surface area contributed by atoms with Crippen LogP contribution in [0.5, 0.6) is 0 Å². The van der Waals surface area contributed by atoms with Crippen molar-refractivity contribution in [3.8, 4) is 0 Å². The van der Waals surface area contributed by atoms with Crippen molar-refractivity contribution in [1.82, 2.24) is 10.3 Å². The van der Waals surface area contributed by atoms with Gasteiger partial charge in [0.1, 0.15) is 11.1 Å². The SMILES string of the molecule is CNCc1sc(C(OC)C2CCCCC2)nc1C1CC1. The molecule has 2 fully saturated rings. The van der Waals surface area contributed by atoms with E-state index in [2.05, 4.69) is 5.32 Å². The maximum Gasteiger partial charge on any atom is 0.122 e. The van der Waals surface area contributed by atoms with E-state index < -0.39 is 0 Å². The van der Waals surface area contributed by atoms with Crippen molar-refractivity contribution in [3.05, 3.63) is 15.6 Å². The van der Waals surface area contributed by atoms with Crippen LogP contribution in [0.3, 0.4) is 0 Å². The molecule has 0 aromatic carbocycles. The third-order valence-electron chi connectivity index (χ3n) is 4.62. The van der Waals surface area contributed by atoms with Gasteiger partial charge in [-0.1, -0.05) is 19.3 Å². The van der Waals surface area contributed by atoms with Gasteiger partial charge in [-0.25, -0.2) is 4.98 Å². The largest absolute Gasteiger partial charge is 0.374 e. The van der Waals surface area contributed by atoms with Crippen LogP contribution in [0.1, 0.15) is 72.5 Å². The minimum atomic E-state index is 0.225. The third kappa shape index (κ3) is 3.07. The van der Waals surface area contributed by atoms with E-state index in [4.69, 9.17) is 9.72 Å². The van der Waals surface area contributed by atoms with Crippen molar-refractivity contribution >= 4 is 11.3 Å². The summed E-state index contributed by atoms with van der Waals surface area (Å²) in [6, 6.07) is 0. The van der Waals surface area contributed by atoms with Crippen LogP contribution < -0.4 is 5.32 Å². The van der Waals surface area contributed by atoms with Gasteiger partial charge >= 0.3 is 0 Å². The lowest BCUT2D eigenvalue weighted by Gasteiger charge is -2.27. The van der Waals surface area contributed by atoms with Crippen LogP contribution in [-0.4, -0.2) is 19.1 Å². The second kappa shape index (κ2) is 6.54. The van der Waals surface area contributed by atoms with Gasteiger partial charge in [-0.3, -0.25) is 0 Å². The Morgan fingerprint density at radius 1 is 1.25 bits per heavy atom. The second-order valence-corrected chi connectivity index (χ2v) is 7.33. The van der Waals surface area contributed by atoms with Crippen molar-refractivity contribution in [2.24, 2.45) is 5.92 Å².